The lowest BCUT2D eigenvalue weighted by atomic mass is 10.1. The first-order chi connectivity index (χ1) is 7.79. The normalized spacial score (nSPS) is 21.1. The molecule has 1 unspecified atom stereocenters. The van der Waals surface area contributed by atoms with Crippen molar-refractivity contribution in [1.29, 1.82) is 0 Å². The van der Waals surface area contributed by atoms with Gasteiger partial charge in [0, 0.05) is 25.3 Å². The van der Waals surface area contributed by atoms with E-state index in [1.807, 2.05) is 19.2 Å². The van der Waals surface area contributed by atoms with Crippen LogP contribution in [0.4, 0.5) is 5.82 Å². The van der Waals surface area contributed by atoms with Crippen LogP contribution >= 0.6 is 0 Å². The first kappa shape index (κ1) is 11.3. The minimum atomic E-state index is 0.606. The number of nitrogens with zero attached hydrogens (tertiary/aromatic N) is 3. The molecule has 2 heterocycles. The summed E-state index contributed by atoms with van der Waals surface area (Å²) in [7, 11) is 0. The molecule has 1 aliphatic rings. The minimum Gasteiger partial charge on any atom is -0.355 e. The highest BCUT2D eigenvalue weighted by molar-refractivity contribution is 5.38. The van der Waals surface area contributed by atoms with Gasteiger partial charge in [-0.3, -0.25) is 0 Å². The number of hydrogen-bond acceptors (Lipinski definition) is 4. The Morgan fingerprint density at radius 2 is 2.44 bits per heavy atom. The highest BCUT2D eigenvalue weighted by atomic mass is 15.2. The molecule has 88 valence electrons. The van der Waals surface area contributed by atoms with Crippen LogP contribution in [0.3, 0.4) is 0 Å². The van der Waals surface area contributed by atoms with Gasteiger partial charge in [-0.1, -0.05) is 6.92 Å². The van der Waals surface area contributed by atoms with E-state index in [0.29, 0.717) is 6.04 Å². The molecule has 1 aromatic heterocycles. The van der Waals surface area contributed by atoms with E-state index in [4.69, 9.17) is 0 Å². The van der Waals surface area contributed by atoms with Crippen LogP contribution in [0.5, 0.6) is 0 Å². The molecule has 0 amide bonds. The summed E-state index contributed by atoms with van der Waals surface area (Å²) in [6, 6.07) is 2.61. The Hall–Kier alpha value is -1.16. The molecular weight excluding hydrogens is 200 g/mol. The quantitative estimate of drug-likeness (QED) is 0.835. The van der Waals surface area contributed by atoms with E-state index in [-0.39, 0.29) is 0 Å². The molecule has 0 radical (unpaired) electrons. The van der Waals surface area contributed by atoms with E-state index < -0.39 is 0 Å². The Labute approximate surface area is 97.1 Å². The van der Waals surface area contributed by atoms with E-state index >= 15 is 0 Å². The smallest absolute Gasteiger partial charge is 0.132 e. The van der Waals surface area contributed by atoms with Gasteiger partial charge in [-0.25, -0.2) is 9.97 Å². The van der Waals surface area contributed by atoms with Crippen molar-refractivity contribution in [2.75, 3.05) is 24.5 Å². The van der Waals surface area contributed by atoms with Crippen molar-refractivity contribution >= 4 is 5.82 Å². The average molecular weight is 220 g/mol. The Bertz CT molecular complexity index is 338. The van der Waals surface area contributed by atoms with Crippen molar-refractivity contribution in [3.05, 3.63) is 18.1 Å². The van der Waals surface area contributed by atoms with E-state index in [0.717, 1.165) is 31.3 Å². The molecule has 1 fully saturated rings. The number of likely N-dealkylation sites (N-methyl/N-ethyl adjacent to an activating group) is 1. The van der Waals surface area contributed by atoms with Gasteiger partial charge in [0.1, 0.15) is 11.6 Å². The summed E-state index contributed by atoms with van der Waals surface area (Å²) >= 11 is 0. The number of aryl methyl sites for hydroxylation is 1. The fourth-order valence-corrected chi connectivity index (χ4v) is 2.26. The molecule has 1 atom stereocenters. The van der Waals surface area contributed by atoms with Crippen molar-refractivity contribution in [1.82, 2.24) is 15.3 Å². The first-order valence-electron chi connectivity index (χ1n) is 6.07. The standard InChI is InChI=1S/C12H20N4/c1-3-13-11-5-4-8-16(9-11)12-6-7-14-10(2)15-12/h6-7,11,13H,3-5,8-9H2,1-2H3. The zero-order chi connectivity index (χ0) is 11.4. The summed E-state index contributed by atoms with van der Waals surface area (Å²) in [6.45, 7) is 7.31. The lowest BCUT2D eigenvalue weighted by Crippen LogP contribution is -2.46. The van der Waals surface area contributed by atoms with Crippen LogP contribution in [0.25, 0.3) is 0 Å². The molecule has 0 bridgehead atoms. The van der Waals surface area contributed by atoms with Crippen LogP contribution < -0.4 is 10.2 Å². The third-order valence-corrected chi connectivity index (χ3v) is 3.00. The van der Waals surface area contributed by atoms with Crippen LogP contribution in [0.15, 0.2) is 12.3 Å². The maximum atomic E-state index is 4.48. The number of nitrogens with one attached hydrogen (secondary N) is 1. The molecular formula is C12H20N4. The molecule has 16 heavy (non-hydrogen) atoms. The Morgan fingerprint density at radius 3 is 3.19 bits per heavy atom. The molecule has 0 spiro atoms. The zero-order valence-electron chi connectivity index (χ0n) is 10.1. The predicted molar refractivity (Wildman–Crippen MR) is 65.7 cm³/mol. The summed E-state index contributed by atoms with van der Waals surface area (Å²) in [5, 5.41) is 3.51. The van der Waals surface area contributed by atoms with Crippen molar-refractivity contribution in [2.45, 2.75) is 32.7 Å². The summed E-state index contributed by atoms with van der Waals surface area (Å²) < 4.78 is 0. The molecule has 0 saturated carbocycles. The van der Waals surface area contributed by atoms with Crippen LogP contribution in [-0.2, 0) is 0 Å². The van der Waals surface area contributed by atoms with E-state index in [2.05, 4.69) is 27.1 Å². The Kier molecular flexibility index (Phi) is 3.72. The fourth-order valence-electron chi connectivity index (χ4n) is 2.26. The van der Waals surface area contributed by atoms with Gasteiger partial charge in [0.05, 0.1) is 0 Å². The Morgan fingerprint density at radius 1 is 1.56 bits per heavy atom. The molecule has 0 aliphatic carbocycles. The highest BCUT2D eigenvalue weighted by Gasteiger charge is 2.19. The molecule has 0 aromatic carbocycles. The molecule has 2 rings (SSSR count). The monoisotopic (exact) mass is 220 g/mol. The third-order valence-electron chi connectivity index (χ3n) is 3.00. The minimum absolute atomic E-state index is 0.606. The first-order valence-corrected chi connectivity index (χ1v) is 6.07. The van der Waals surface area contributed by atoms with Gasteiger partial charge >= 0.3 is 0 Å². The third kappa shape index (κ3) is 2.70. The van der Waals surface area contributed by atoms with E-state index in [9.17, 15) is 0 Å². The second kappa shape index (κ2) is 5.25. The maximum absolute atomic E-state index is 4.48. The topological polar surface area (TPSA) is 41.0 Å². The number of anilines is 1. The van der Waals surface area contributed by atoms with Crippen LogP contribution in [0.2, 0.25) is 0 Å². The van der Waals surface area contributed by atoms with Gasteiger partial charge in [0.25, 0.3) is 0 Å². The van der Waals surface area contributed by atoms with Crippen molar-refractivity contribution in [3.8, 4) is 0 Å². The number of rotatable bonds is 3. The van der Waals surface area contributed by atoms with Crippen molar-refractivity contribution in [3.63, 3.8) is 0 Å². The highest BCUT2D eigenvalue weighted by Crippen LogP contribution is 2.17. The summed E-state index contributed by atoms with van der Waals surface area (Å²) in [5.74, 6) is 1.91. The van der Waals surface area contributed by atoms with E-state index in [1.165, 1.54) is 12.8 Å². The lowest BCUT2D eigenvalue weighted by Gasteiger charge is -2.33. The lowest BCUT2D eigenvalue weighted by molar-refractivity contribution is 0.429. The van der Waals surface area contributed by atoms with Crippen LogP contribution in [0, 0.1) is 6.92 Å². The number of hydrogen-bond donors (Lipinski definition) is 1. The molecule has 1 aliphatic heterocycles. The molecule has 4 heteroatoms. The van der Waals surface area contributed by atoms with Crippen LogP contribution in [-0.4, -0.2) is 35.6 Å². The summed E-state index contributed by atoms with van der Waals surface area (Å²) in [6.07, 6.45) is 4.35. The van der Waals surface area contributed by atoms with E-state index in [1.54, 1.807) is 0 Å². The number of aromatic nitrogens is 2. The second-order valence-corrected chi connectivity index (χ2v) is 4.30. The fraction of sp³-hybridized carbons (Fsp3) is 0.667. The summed E-state index contributed by atoms with van der Waals surface area (Å²) in [5.41, 5.74) is 0. The largest absolute Gasteiger partial charge is 0.355 e. The van der Waals surface area contributed by atoms with Crippen molar-refractivity contribution < 1.29 is 0 Å². The number of piperidine rings is 1. The van der Waals surface area contributed by atoms with Crippen molar-refractivity contribution in [2.24, 2.45) is 0 Å². The van der Waals surface area contributed by atoms with Gasteiger partial charge in [0.15, 0.2) is 0 Å². The second-order valence-electron chi connectivity index (χ2n) is 4.30. The molecule has 1 N–H and O–H groups in total. The van der Waals surface area contributed by atoms with Gasteiger partial charge in [-0.05, 0) is 32.4 Å². The zero-order valence-corrected chi connectivity index (χ0v) is 10.1. The molecule has 1 saturated heterocycles. The SMILES string of the molecule is CCNC1CCCN(c2ccnc(C)n2)C1. The van der Waals surface area contributed by atoms with Crippen LogP contribution in [0.1, 0.15) is 25.6 Å². The van der Waals surface area contributed by atoms with Gasteiger partial charge < -0.3 is 10.2 Å². The Balaban J connectivity index is 2.03. The van der Waals surface area contributed by atoms with Gasteiger partial charge in [-0.2, -0.15) is 0 Å². The van der Waals surface area contributed by atoms with Gasteiger partial charge in [0.2, 0.25) is 0 Å². The maximum Gasteiger partial charge on any atom is 0.132 e. The molecule has 1 aromatic rings. The average Bonchev–Trinajstić information content (AvgIpc) is 2.30. The molecule has 4 nitrogen and oxygen atoms in total. The summed E-state index contributed by atoms with van der Waals surface area (Å²) in [4.78, 5) is 11.0. The predicted octanol–water partition coefficient (Wildman–Crippen LogP) is 1.36. The van der Waals surface area contributed by atoms with Gasteiger partial charge in [-0.15, -0.1) is 0 Å².